The monoisotopic (exact) mass is 569 g/mol. The molecule has 0 bridgehead atoms. The summed E-state index contributed by atoms with van der Waals surface area (Å²) in [7, 11) is 0. The number of likely N-dealkylation sites (tertiary alicyclic amines) is 1. The van der Waals surface area contributed by atoms with Gasteiger partial charge in [-0.1, -0.05) is 78.9 Å². The largest absolute Gasteiger partial charge is 0.481 e. The van der Waals surface area contributed by atoms with E-state index in [1.54, 1.807) is 0 Å². The fourth-order valence-electron chi connectivity index (χ4n) is 6.22. The number of amides is 2. The average Bonchev–Trinajstić information content (AvgIpc) is 3.31. The van der Waals surface area contributed by atoms with Crippen molar-refractivity contribution >= 4 is 18.0 Å². The van der Waals surface area contributed by atoms with Gasteiger partial charge in [-0.25, -0.2) is 4.79 Å². The standard InChI is InChI=1S/C34H39N3O5/c38-31(36-34(22-32(39)40)17-20-37(21-18-34)23-25-10-2-1-3-11-25)16-8-9-19-35-33(41)42-24-30-28-14-6-4-12-26(28)27-13-5-7-15-29(27)30/h1-7,10-15,30H,8-9,16-24H2,(H,35,41)(H,36,38)(H,39,40). The zero-order valence-electron chi connectivity index (χ0n) is 23.9. The van der Waals surface area contributed by atoms with Gasteiger partial charge in [0.2, 0.25) is 5.91 Å². The number of nitrogens with one attached hydrogen (secondary N) is 2. The minimum atomic E-state index is -0.904. The van der Waals surface area contributed by atoms with Gasteiger partial charge in [0.05, 0.1) is 12.0 Å². The van der Waals surface area contributed by atoms with Crippen molar-refractivity contribution in [1.82, 2.24) is 15.5 Å². The normalized spacial score (nSPS) is 15.8. The lowest BCUT2D eigenvalue weighted by Crippen LogP contribution is -2.56. The second-order valence-electron chi connectivity index (χ2n) is 11.4. The van der Waals surface area contributed by atoms with Crippen molar-refractivity contribution in [2.24, 2.45) is 0 Å². The number of fused-ring (bicyclic) bond motifs is 3. The highest BCUT2D eigenvalue weighted by Gasteiger charge is 2.38. The van der Waals surface area contributed by atoms with E-state index in [2.05, 4.69) is 51.9 Å². The van der Waals surface area contributed by atoms with Crippen molar-refractivity contribution in [1.29, 1.82) is 0 Å². The molecule has 1 heterocycles. The number of ether oxygens (including phenoxy) is 1. The maximum Gasteiger partial charge on any atom is 0.407 e. The summed E-state index contributed by atoms with van der Waals surface area (Å²) in [4.78, 5) is 39.1. The molecule has 8 nitrogen and oxygen atoms in total. The number of unbranched alkanes of at least 4 members (excludes halogenated alkanes) is 1. The van der Waals surface area contributed by atoms with Gasteiger partial charge >= 0.3 is 12.1 Å². The van der Waals surface area contributed by atoms with Crippen LogP contribution in [0, 0.1) is 0 Å². The van der Waals surface area contributed by atoms with E-state index >= 15 is 0 Å². The molecule has 8 heteroatoms. The Morgan fingerprint density at radius 1 is 0.857 bits per heavy atom. The van der Waals surface area contributed by atoms with Crippen molar-refractivity contribution in [3.05, 3.63) is 95.6 Å². The summed E-state index contributed by atoms with van der Waals surface area (Å²) in [6, 6.07) is 26.6. The Labute approximate surface area is 247 Å². The van der Waals surface area contributed by atoms with Gasteiger partial charge in [-0.2, -0.15) is 0 Å². The van der Waals surface area contributed by atoms with Gasteiger partial charge in [-0.3, -0.25) is 14.5 Å². The first-order valence-electron chi connectivity index (χ1n) is 14.8. The smallest absolute Gasteiger partial charge is 0.407 e. The third-order valence-corrected chi connectivity index (χ3v) is 8.40. The molecule has 3 N–H and O–H groups in total. The molecule has 0 unspecified atom stereocenters. The van der Waals surface area contributed by atoms with E-state index in [1.165, 1.54) is 27.8 Å². The molecule has 5 rings (SSSR count). The molecular weight excluding hydrogens is 530 g/mol. The van der Waals surface area contributed by atoms with Gasteiger partial charge in [-0.15, -0.1) is 0 Å². The van der Waals surface area contributed by atoms with Crippen LogP contribution in [0.4, 0.5) is 4.79 Å². The number of aliphatic carboxylic acids is 1. The fraction of sp³-hybridized carbons (Fsp3) is 0.382. The lowest BCUT2D eigenvalue weighted by Gasteiger charge is -2.41. The molecule has 1 saturated heterocycles. The third-order valence-electron chi connectivity index (χ3n) is 8.40. The summed E-state index contributed by atoms with van der Waals surface area (Å²) in [5.41, 5.74) is 5.20. The second-order valence-corrected chi connectivity index (χ2v) is 11.4. The van der Waals surface area contributed by atoms with Gasteiger partial charge in [0, 0.05) is 38.5 Å². The van der Waals surface area contributed by atoms with Crippen LogP contribution in [0.2, 0.25) is 0 Å². The number of alkyl carbamates (subject to hydrolysis) is 1. The molecule has 220 valence electrons. The lowest BCUT2D eigenvalue weighted by atomic mass is 9.84. The maximum atomic E-state index is 12.8. The van der Waals surface area contributed by atoms with Crippen LogP contribution in [-0.4, -0.2) is 59.8 Å². The first-order chi connectivity index (χ1) is 20.4. The molecule has 3 aromatic rings. The van der Waals surface area contributed by atoms with Crippen molar-refractivity contribution < 1.29 is 24.2 Å². The summed E-state index contributed by atoms with van der Waals surface area (Å²) >= 11 is 0. The van der Waals surface area contributed by atoms with E-state index in [9.17, 15) is 19.5 Å². The fourth-order valence-corrected chi connectivity index (χ4v) is 6.22. The number of benzene rings is 3. The van der Waals surface area contributed by atoms with Crippen molar-refractivity contribution in [3.63, 3.8) is 0 Å². The van der Waals surface area contributed by atoms with Gasteiger partial charge in [0.25, 0.3) is 0 Å². The zero-order valence-corrected chi connectivity index (χ0v) is 23.9. The number of hydrogen-bond donors (Lipinski definition) is 3. The van der Waals surface area contributed by atoms with Crippen LogP contribution in [-0.2, 0) is 20.9 Å². The highest BCUT2D eigenvalue weighted by atomic mass is 16.5. The molecule has 1 aliphatic heterocycles. The number of carboxylic acids is 1. The third kappa shape index (κ3) is 7.36. The number of rotatable bonds is 12. The Morgan fingerprint density at radius 2 is 1.48 bits per heavy atom. The van der Waals surface area contributed by atoms with Crippen LogP contribution in [0.25, 0.3) is 11.1 Å². The highest BCUT2D eigenvalue weighted by Crippen LogP contribution is 2.44. The molecule has 0 aromatic heterocycles. The molecule has 1 fully saturated rings. The maximum absolute atomic E-state index is 12.8. The lowest BCUT2D eigenvalue weighted by molar-refractivity contribution is -0.140. The Kier molecular flexibility index (Phi) is 9.54. The minimum absolute atomic E-state index is 0.00942. The molecule has 3 aromatic carbocycles. The predicted molar refractivity (Wildman–Crippen MR) is 161 cm³/mol. The van der Waals surface area contributed by atoms with Gasteiger partial charge in [0.15, 0.2) is 0 Å². The summed E-state index contributed by atoms with van der Waals surface area (Å²) < 4.78 is 5.58. The summed E-state index contributed by atoms with van der Waals surface area (Å²) in [5, 5.41) is 15.4. The van der Waals surface area contributed by atoms with Crippen LogP contribution in [0.1, 0.15) is 61.1 Å². The zero-order chi connectivity index (χ0) is 29.4. The summed E-state index contributed by atoms with van der Waals surface area (Å²) in [6.07, 6.45) is 2.13. The average molecular weight is 570 g/mol. The number of carbonyl (C=O) groups excluding carboxylic acids is 2. The molecule has 2 amide bonds. The molecule has 0 saturated carbocycles. The SMILES string of the molecule is O=C(O)CC1(NC(=O)CCCCNC(=O)OCC2c3ccccc3-c3ccccc32)CCN(Cc2ccccc2)CC1. The number of hydrogen-bond acceptors (Lipinski definition) is 5. The Hall–Kier alpha value is -4.17. The molecular formula is C34H39N3O5. The van der Waals surface area contributed by atoms with E-state index < -0.39 is 17.6 Å². The number of piperidine rings is 1. The molecule has 0 radical (unpaired) electrons. The first kappa shape index (κ1) is 29.3. The quantitative estimate of drug-likeness (QED) is 0.255. The second kappa shape index (κ2) is 13.7. The number of nitrogens with zero attached hydrogens (tertiary/aromatic N) is 1. The Balaban J connectivity index is 1.01. The van der Waals surface area contributed by atoms with Crippen LogP contribution in [0.15, 0.2) is 78.9 Å². The topological polar surface area (TPSA) is 108 Å². The van der Waals surface area contributed by atoms with E-state index in [1.807, 2.05) is 42.5 Å². The van der Waals surface area contributed by atoms with Gasteiger partial charge in [0.1, 0.15) is 6.61 Å². The van der Waals surface area contributed by atoms with E-state index in [0.717, 1.165) is 19.6 Å². The van der Waals surface area contributed by atoms with E-state index in [-0.39, 0.29) is 31.3 Å². The molecule has 1 aliphatic carbocycles. The highest BCUT2D eigenvalue weighted by molar-refractivity contribution is 5.79. The van der Waals surface area contributed by atoms with Gasteiger partial charge in [-0.05, 0) is 53.5 Å². The van der Waals surface area contributed by atoms with E-state index in [4.69, 9.17) is 4.74 Å². The first-order valence-corrected chi connectivity index (χ1v) is 14.8. The summed E-state index contributed by atoms with van der Waals surface area (Å²) in [5.74, 6) is -1.04. The number of carboxylic acid groups (broad SMARTS) is 1. The Bertz CT molecular complexity index is 1340. The predicted octanol–water partition coefficient (Wildman–Crippen LogP) is 5.32. The van der Waals surface area contributed by atoms with Crippen LogP contribution >= 0.6 is 0 Å². The van der Waals surface area contributed by atoms with Crippen LogP contribution < -0.4 is 10.6 Å². The Morgan fingerprint density at radius 3 is 2.12 bits per heavy atom. The van der Waals surface area contributed by atoms with Crippen LogP contribution in [0.3, 0.4) is 0 Å². The number of carbonyl (C=O) groups is 3. The minimum Gasteiger partial charge on any atom is -0.481 e. The van der Waals surface area contributed by atoms with Crippen molar-refractivity contribution in [2.75, 3.05) is 26.2 Å². The van der Waals surface area contributed by atoms with Crippen molar-refractivity contribution in [3.8, 4) is 11.1 Å². The molecule has 2 aliphatic rings. The molecule has 0 atom stereocenters. The van der Waals surface area contributed by atoms with E-state index in [0.29, 0.717) is 32.2 Å². The van der Waals surface area contributed by atoms with Crippen molar-refractivity contribution in [2.45, 2.75) is 56.5 Å². The molecule has 0 spiro atoms. The van der Waals surface area contributed by atoms with Crippen LogP contribution in [0.5, 0.6) is 0 Å². The van der Waals surface area contributed by atoms with Gasteiger partial charge < -0.3 is 20.5 Å². The summed E-state index contributed by atoms with van der Waals surface area (Å²) in [6.45, 7) is 2.93. The molecule has 42 heavy (non-hydrogen) atoms.